The summed E-state index contributed by atoms with van der Waals surface area (Å²) in [5, 5.41) is 6.76. The van der Waals surface area contributed by atoms with Gasteiger partial charge in [-0.15, -0.1) is 0 Å². The van der Waals surface area contributed by atoms with E-state index in [4.69, 9.17) is 14.2 Å². The van der Waals surface area contributed by atoms with Gasteiger partial charge in [0.15, 0.2) is 0 Å². The van der Waals surface area contributed by atoms with Gasteiger partial charge >= 0.3 is 0 Å². The van der Waals surface area contributed by atoms with Crippen molar-refractivity contribution in [2.45, 2.75) is 27.7 Å². The second kappa shape index (κ2) is 11.4. The lowest BCUT2D eigenvalue weighted by Crippen LogP contribution is -2.01. The van der Waals surface area contributed by atoms with Crippen molar-refractivity contribution >= 4 is 21.8 Å². The summed E-state index contributed by atoms with van der Waals surface area (Å²) >= 11 is 0. The first-order valence-electron chi connectivity index (χ1n) is 15.0. The first-order chi connectivity index (χ1) is 22.3. The normalized spacial score (nSPS) is 11.4. The Hall–Kier alpha value is -5.63. The molecule has 230 valence electrons. The SMILES string of the molecule is COc1c(C)c(C)c(C)c(OC)c1-c1cnn(-c2cc(F)cc(Oc3ccc4c5ccccc5n(-c5cc(C)ccn5)c4c3)c2)c1. The molecule has 0 amide bonds. The molecule has 3 aromatic heterocycles. The molecule has 0 aliphatic carbocycles. The van der Waals surface area contributed by atoms with Gasteiger partial charge in [0.1, 0.15) is 34.6 Å². The third kappa shape index (κ3) is 4.83. The molecule has 0 fully saturated rings. The van der Waals surface area contributed by atoms with Gasteiger partial charge in [-0.3, -0.25) is 4.57 Å². The maximum absolute atomic E-state index is 15.1. The van der Waals surface area contributed by atoms with E-state index >= 15 is 4.39 Å². The van der Waals surface area contributed by atoms with Crippen LogP contribution < -0.4 is 14.2 Å². The maximum atomic E-state index is 15.1. The smallest absolute Gasteiger partial charge is 0.137 e. The van der Waals surface area contributed by atoms with Crippen LogP contribution in [0.5, 0.6) is 23.0 Å². The Balaban J connectivity index is 1.28. The van der Waals surface area contributed by atoms with E-state index in [-0.39, 0.29) is 0 Å². The Kier molecular flexibility index (Phi) is 7.20. The van der Waals surface area contributed by atoms with Gasteiger partial charge in [0, 0.05) is 46.9 Å². The molecular weight excluding hydrogens is 579 g/mol. The third-order valence-corrected chi connectivity index (χ3v) is 8.67. The molecule has 0 atom stereocenters. The monoisotopic (exact) mass is 612 g/mol. The first-order valence-corrected chi connectivity index (χ1v) is 15.0. The maximum Gasteiger partial charge on any atom is 0.137 e. The molecule has 0 spiro atoms. The number of aryl methyl sites for hydroxylation is 1. The summed E-state index contributed by atoms with van der Waals surface area (Å²) in [7, 11) is 3.30. The second-order valence-corrected chi connectivity index (χ2v) is 11.5. The van der Waals surface area contributed by atoms with Crippen molar-refractivity contribution in [1.82, 2.24) is 19.3 Å². The van der Waals surface area contributed by atoms with Crippen molar-refractivity contribution in [2.75, 3.05) is 14.2 Å². The fourth-order valence-electron chi connectivity index (χ4n) is 6.24. The lowest BCUT2D eigenvalue weighted by molar-refractivity contribution is 0.393. The molecule has 7 aromatic rings. The quantitative estimate of drug-likeness (QED) is 0.180. The highest BCUT2D eigenvalue weighted by atomic mass is 19.1. The van der Waals surface area contributed by atoms with Gasteiger partial charge in [-0.1, -0.05) is 18.2 Å². The summed E-state index contributed by atoms with van der Waals surface area (Å²) in [5.41, 5.74) is 8.36. The van der Waals surface area contributed by atoms with Crippen LogP contribution in [0.15, 0.2) is 91.4 Å². The van der Waals surface area contributed by atoms with Crippen LogP contribution in [0.2, 0.25) is 0 Å². The largest absolute Gasteiger partial charge is 0.496 e. The lowest BCUT2D eigenvalue weighted by atomic mass is 9.94. The molecule has 7 nitrogen and oxygen atoms in total. The molecule has 7 rings (SSSR count). The Morgan fingerprint density at radius 3 is 2.20 bits per heavy atom. The van der Waals surface area contributed by atoms with Gasteiger partial charge in [0.25, 0.3) is 0 Å². The van der Waals surface area contributed by atoms with Crippen molar-refractivity contribution < 1.29 is 18.6 Å². The number of pyridine rings is 1. The van der Waals surface area contributed by atoms with E-state index in [9.17, 15) is 0 Å². The minimum absolute atomic E-state index is 0.347. The summed E-state index contributed by atoms with van der Waals surface area (Å²) in [4.78, 5) is 4.66. The zero-order valence-corrected chi connectivity index (χ0v) is 26.6. The van der Waals surface area contributed by atoms with Gasteiger partial charge in [0.2, 0.25) is 0 Å². The van der Waals surface area contributed by atoms with Crippen LogP contribution >= 0.6 is 0 Å². The van der Waals surface area contributed by atoms with Crippen molar-refractivity contribution in [3.05, 3.63) is 119 Å². The Bertz CT molecular complexity index is 2250. The summed E-state index contributed by atoms with van der Waals surface area (Å²) < 4.78 is 36.8. The van der Waals surface area contributed by atoms with Crippen molar-refractivity contribution in [3.8, 4) is 45.6 Å². The summed E-state index contributed by atoms with van der Waals surface area (Å²) in [6.45, 7) is 8.15. The minimum Gasteiger partial charge on any atom is -0.496 e. The van der Waals surface area contributed by atoms with Gasteiger partial charge < -0.3 is 14.2 Å². The number of hydrogen-bond acceptors (Lipinski definition) is 5. The highest BCUT2D eigenvalue weighted by molar-refractivity contribution is 6.09. The molecule has 46 heavy (non-hydrogen) atoms. The molecule has 0 bridgehead atoms. The lowest BCUT2D eigenvalue weighted by Gasteiger charge is -2.19. The van der Waals surface area contributed by atoms with Crippen LogP contribution in [0, 0.1) is 33.5 Å². The van der Waals surface area contributed by atoms with E-state index in [1.807, 2.05) is 76.5 Å². The molecule has 0 N–H and O–H groups in total. The topological polar surface area (TPSA) is 63.3 Å². The molecule has 8 heteroatoms. The van der Waals surface area contributed by atoms with Crippen LogP contribution in [0.25, 0.3) is 44.4 Å². The third-order valence-electron chi connectivity index (χ3n) is 8.67. The molecule has 0 unspecified atom stereocenters. The van der Waals surface area contributed by atoms with E-state index in [2.05, 4.69) is 32.8 Å². The van der Waals surface area contributed by atoms with Gasteiger partial charge in [-0.25, -0.2) is 14.1 Å². The molecular formula is C38H33FN4O3. The molecule has 0 radical (unpaired) electrons. The van der Waals surface area contributed by atoms with Crippen molar-refractivity contribution in [1.29, 1.82) is 0 Å². The zero-order chi connectivity index (χ0) is 32.1. The fraction of sp³-hybridized carbons (Fsp3) is 0.158. The van der Waals surface area contributed by atoms with E-state index < -0.39 is 5.82 Å². The molecule has 0 saturated carbocycles. The summed E-state index contributed by atoms with van der Waals surface area (Å²) in [5.74, 6) is 2.73. The number of hydrogen-bond donors (Lipinski definition) is 0. The van der Waals surface area contributed by atoms with Crippen molar-refractivity contribution in [2.24, 2.45) is 0 Å². The predicted octanol–water partition coefficient (Wildman–Crippen LogP) is 9.21. The van der Waals surface area contributed by atoms with Gasteiger partial charge in [0.05, 0.1) is 42.7 Å². The Morgan fingerprint density at radius 2 is 1.46 bits per heavy atom. The highest BCUT2D eigenvalue weighted by Crippen LogP contribution is 2.45. The molecule has 0 aliphatic rings. The number of ether oxygens (including phenoxy) is 3. The van der Waals surface area contributed by atoms with E-state index in [1.165, 1.54) is 12.1 Å². The second-order valence-electron chi connectivity index (χ2n) is 11.5. The fourth-order valence-corrected chi connectivity index (χ4v) is 6.24. The molecule has 0 saturated heterocycles. The average Bonchev–Trinajstić information content (AvgIpc) is 3.66. The molecule has 3 heterocycles. The van der Waals surface area contributed by atoms with E-state index in [0.29, 0.717) is 17.2 Å². The standard InChI is InChI=1S/C38H33FN4O3/c1-22-13-14-40-35(15-22)43-33-10-8-7-9-31(33)32-12-11-29(19-34(32)43)46-30-17-27(39)16-28(18-30)42-21-26(20-41-42)36-37(44-5)24(3)23(2)25(4)38(36)45-6/h7-21H,1-6H3. The van der Waals surface area contributed by atoms with Crippen LogP contribution in [-0.4, -0.2) is 33.6 Å². The van der Waals surface area contributed by atoms with E-state index in [1.54, 1.807) is 31.2 Å². The van der Waals surface area contributed by atoms with Crippen LogP contribution in [0.4, 0.5) is 4.39 Å². The number of rotatable bonds is 7. The van der Waals surface area contributed by atoms with Crippen LogP contribution in [0.3, 0.4) is 0 Å². The number of benzene rings is 4. The molecule has 4 aromatic carbocycles. The van der Waals surface area contributed by atoms with Crippen LogP contribution in [-0.2, 0) is 0 Å². The predicted molar refractivity (Wildman–Crippen MR) is 180 cm³/mol. The zero-order valence-electron chi connectivity index (χ0n) is 26.6. The highest BCUT2D eigenvalue weighted by Gasteiger charge is 2.22. The Morgan fingerprint density at radius 1 is 0.717 bits per heavy atom. The van der Waals surface area contributed by atoms with Crippen LogP contribution in [0.1, 0.15) is 22.3 Å². The number of fused-ring (bicyclic) bond motifs is 3. The number of para-hydroxylation sites is 1. The average molecular weight is 613 g/mol. The number of halogens is 1. The number of aromatic nitrogens is 4. The molecule has 0 aliphatic heterocycles. The Labute approximate surface area is 266 Å². The van der Waals surface area contributed by atoms with Gasteiger partial charge in [-0.05, 0) is 86.3 Å². The van der Waals surface area contributed by atoms with E-state index in [0.717, 1.165) is 72.5 Å². The summed E-state index contributed by atoms with van der Waals surface area (Å²) in [6.07, 6.45) is 5.38. The number of methoxy groups -OCH3 is 2. The number of nitrogens with zero attached hydrogens (tertiary/aromatic N) is 4. The minimum atomic E-state index is -0.444. The first kappa shape index (κ1) is 29.1. The summed E-state index contributed by atoms with van der Waals surface area (Å²) in [6, 6.07) is 22.7. The van der Waals surface area contributed by atoms with Gasteiger partial charge in [-0.2, -0.15) is 5.10 Å². The van der Waals surface area contributed by atoms with Crippen molar-refractivity contribution in [3.63, 3.8) is 0 Å².